The Morgan fingerprint density at radius 3 is 2.42 bits per heavy atom. The van der Waals surface area contributed by atoms with Gasteiger partial charge in [0.05, 0.1) is 13.2 Å². The fraction of sp³-hybridized carbons (Fsp3) is 0.381. The highest BCUT2D eigenvalue weighted by Crippen LogP contribution is 2.27. The van der Waals surface area contributed by atoms with Crippen LogP contribution < -0.4 is 16.4 Å². The van der Waals surface area contributed by atoms with Crippen LogP contribution in [0.2, 0.25) is 0 Å². The van der Waals surface area contributed by atoms with Gasteiger partial charge in [-0.25, -0.2) is 0 Å². The van der Waals surface area contributed by atoms with Crippen molar-refractivity contribution >= 4 is 17.3 Å². The van der Waals surface area contributed by atoms with Crippen LogP contribution in [0.1, 0.15) is 35.7 Å². The van der Waals surface area contributed by atoms with Gasteiger partial charge in [0.2, 0.25) is 0 Å². The molecular weight excluding hydrogens is 326 g/mol. The van der Waals surface area contributed by atoms with Crippen molar-refractivity contribution < 1.29 is 9.53 Å². The molecule has 138 valence electrons. The van der Waals surface area contributed by atoms with Gasteiger partial charge < -0.3 is 21.1 Å². The van der Waals surface area contributed by atoms with Gasteiger partial charge in [0.1, 0.15) is 0 Å². The molecule has 5 heteroatoms. The van der Waals surface area contributed by atoms with E-state index in [-0.39, 0.29) is 11.3 Å². The standard InChI is InChI=1S/C21H27N3O2/c1-15(2)18-5-3-4-6-19(18)24-17-9-7-16(8-10-17)20(25)23-12-21(11-22)13-26-14-21/h3-10,15,24H,11-14,22H2,1-2H3,(H,23,25). The summed E-state index contributed by atoms with van der Waals surface area (Å²) in [5.74, 6) is 0.355. The van der Waals surface area contributed by atoms with Crippen molar-refractivity contribution in [3.05, 3.63) is 59.7 Å². The van der Waals surface area contributed by atoms with Crippen LogP contribution in [0.15, 0.2) is 48.5 Å². The normalized spacial score (nSPS) is 15.4. The van der Waals surface area contributed by atoms with Gasteiger partial charge in [-0.2, -0.15) is 0 Å². The van der Waals surface area contributed by atoms with Gasteiger partial charge in [-0.3, -0.25) is 4.79 Å². The van der Waals surface area contributed by atoms with E-state index in [1.54, 1.807) is 0 Å². The van der Waals surface area contributed by atoms with Gasteiger partial charge in [0, 0.05) is 35.4 Å². The third-order valence-electron chi connectivity index (χ3n) is 4.88. The molecule has 26 heavy (non-hydrogen) atoms. The van der Waals surface area contributed by atoms with Crippen LogP contribution >= 0.6 is 0 Å². The summed E-state index contributed by atoms with van der Waals surface area (Å²) >= 11 is 0. The van der Waals surface area contributed by atoms with Gasteiger partial charge in [0.15, 0.2) is 0 Å². The first kappa shape index (κ1) is 18.4. The minimum atomic E-state index is -0.0995. The number of para-hydroxylation sites is 1. The number of benzene rings is 2. The van der Waals surface area contributed by atoms with E-state index in [1.165, 1.54) is 5.56 Å². The van der Waals surface area contributed by atoms with E-state index in [2.05, 4.69) is 42.7 Å². The number of amides is 1. The molecule has 0 saturated carbocycles. The van der Waals surface area contributed by atoms with Crippen molar-refractivity contribution in [1.29, 1.82) is 0 Å². The summed E-state index contributed by atoms with van der Waals surface area (Å²) in [6.45, 7) is 6.64. The molecule has 2 aromatic rings. The van der Waals surface area contributed by atoms with Crippen molar-refractivity contribution in [2.75, 3.05) is 31.6 Å². The second-order valence-corrected chi connectivity index (χ2v) is 7.32. The molecule has 1 aliphatic heterocycles. The number of hydrogen-bond acceptors (Lipinski definition) is 4. The van der Waals surface area contributed by atoms with Crippen LogP contribution in [0.5, 0.6) is 0 Å². The second kappa shape index (κ2) is 7.89. The Morgan fingerprint density at radius 1 is 1.15 bits per heavy atom. The van der Waals surface area contributed by atoms with E-state index >= 15 is 0 Å². The van der Waals surface area contributed by atoms with Crippen LogP contribution in [0, 0.1) is 5.41 Å². The Bertz CT molecular complexity index is 747. The van der Waals surface area contributed by atoms with E-state index in [1.807, 2.05) is 30.3 Å². The summed E-state index contributed by atoms with van der Waals surface area (Å²) in [5, 5.41) is 6.41. The Labute approximate surface area is 154 Å². The largest absolute Gasteiger partial charge is 0.380 e. The molecule has 3 rings (SSSR count). The summed E-state index contributed by atoms with van der Waals surface area (Å²) in [4.78, 5) is 12.3. The maximum absolute atomic E-state index is 12.3. The molecule has 4 N–H and O–H groups in total. The third-order valence-corrected chi connectivity index (χ3v) is 4.88. The predicted octanol–water partition coefficient (Wildman–Crippen LogP) is 3.26. The van der Waals surface area contributed by atoms with Crippen molar-refractivity contribution in [1.82, 2.24) is 5.32 Å². The molecule has 0 aromatic heterocycles. The maximum Gasteiger partial charge on any atom is 0.251 e. The first-order valence-corrected chi connectivity index (χ1v) is 9.05. The number of rotatable bonds is 7. The minimum Gasteiger partial charge on any atom is -0.380 e. The average Bonchev–Trinajstić information content (AvgIpc) is 2.62. The molecule has 0 radical (unpaired) electrons. The zero-order chi connectivity index (χ0) is 18.6. The molecule has 2 aromatic carbocycles. The van der Waals surface area contributed by atoms with Crippen LogP contribution in [0.25, 0.3) is 0 Å². The molecule has 1 amide bonds. The molecule has 1 saturated heterocycles. The van der Waals surface area contributed by atoms with Gasteiger partial charge in [0.25, 0.3) is 5.91 Å². The van der Waals surface area contributed by atoms with Crippen molar-refractivity contribution in [3.8, 4) is 0 Å². The maximum atomic E-state index is 12.3. The highest BCUT2D eigenvalue weighted by atomic mass is 16.5. The number of nitrogens with one attached hydrogen (secondary N) is 2. The molecule has 1 aliphatic rings. The lowest BCUT2D eigenvalue weighted by atomic mass is 9.86. The Morgan fingerprint density at radius 2 is 1.85 bits per heavy atom. The molecular formula is C21H27N3O2. The summed E-state index contributed by atoms with van der Waals surface area (Å²) in [6.07, 6.45) is 0. The quantitative estimate of drug-likeness (QED) is 0.714. The lowest BCUT2D eigenvalue weighted by molar-refractivity contribution is -0.103. The van der Waals surface area contributed by atoms with Crippen molar-refractivity contribution in [2.24, 2.45) is 11.1 Å². The summed E-state index contributed by atoms with van der Waals surface area (Å²) in [6, 6.07) is 15.8. The number of carbonyl (C=O) groups is 1. The molecule has 1 fully saturated rings. The smallest absolute Gasteiger partial charge is 0.251 e. The van der Waals surface area contributed by atoms with Gasteiger partial charge in [-0.05, 0) is 41.8 Å². The first-order chi connectivity index (χ1) is 12.5. The fourth-order valence-corrected chi connectivity index (χ4v) is 3.03. The summed E-state index contributed by atoms with van der Waals surface area (Å²) in [7, 11) is 0. The van der Waals surface area contributed by atoms with Crippen LogP contribution in [0.4, 0.5) is 11.4 Å². The van der Waals surface area contributed by atoms with E-state index < -0.39 is 0 Å². The zero-order valence-corrected chi connectivity index (χ0v) is 15.4. The highest BCUT2D eigenvalue weighted by molar-refractivity contribution is 5.94. The molecule has 0 spiro atoms. The van der Waals surface area contributed by atoms with Crippen LogP contribution in [0.3, 0.4) is 0 Å². The van der Waals surface area contributed by atoms with Crippen LogP contribution in [-0.4, -0.2) is 32.2 Å². The Balaban J connectivity index is 1.62. The summed E-state index contributed by atoms with van der Waals surface area (Å²) in [5.41, 5.74) is 9.64. The lowest BCUT2D eigenvalue weighted by Gasteiger charge is -2.40. The number of nitrogens with two attached hydrogens (primary N) is 1. The second-order valence-electron chi connectivity index (χ2n) is 7.32. The zero-order valence-electron chi connectivity index (χ0n) is 15.4. The molecule has 0 atom stereocenters. The number of carbonyl (C=O) groups excluding carboxylic acids is 1. The van der Waals surface area contributed by atoms with Gasteiger partial charge in [-0.15, -0.1) is 0 Å². The van der Waals surface area contributed by atoms with Crippen molar-refractivity contribution in [3.63, 3.8) is 0 Å². The Kier molecular flexibility index (Phi) is 5.59. The predicted molar refractivity (Wildman–Crippen MR) is 105 cm³/mol. The Hall–Kier alpha value is -2.37. The molecule has 0 bridgehead atoms. The van der Waals surface area contributed by atoms with Gasteiger partial charge >= 0.3 is 0 Å². The number of hydrogen-bond donors (Lipinski definition) is 3. The SMILES string of the molecule is CC(C)c1ccccc1Nc1ccc(C(=O)NCC2(CN)COC2)cc1. The van der Waals surface area contributed by atoms with E-state index in [0.717, 1.165) is 11.4 Å². The summed E-state index contributed by atoms with van der Waals surface area (Å²) < 4.78 is 5.23. The molecule has 5 nitrogen and oxygen atoms in total. The highest BCUT2D eigenvalue weighted by Gasteiger charge is 2.37. The van der Waals surface area contributed by atoms with E-state index in [4.69, 9.17) is 10.5 Å². The monoisotopic (exact) mass is 353 g/mol. The van der Waals surface area contributed by atoms with E-state index in [0.29, 0.717) is 37.8 Å². The van der Waals surface area contributed by atoms with Gasteiger partial charge in [-0.1, -0.05) is 32.0 Å². The minimum absolute atomic E-state index is 0.0844. The number of anilines is 2. The van der Waals surface area contributed by atoms with Crippen molar-refractivity contribution in [2.45, 2.75) is 19.8 Å². The number of ether oxygens (including phenoxy) is 1. The molecule has 0 aliphatic carbocycles. The molecule has 0 unspecified atom stereocenters. The van der Waals surface area contributed by atoms with E-state index in [9.17, 15) is 4.79 Å². The average molecular weight is 353 g/mol. The van der Waals surface area contributed by atoms with Crippen LogP contribution in [-0.2, 0) is 4.74 Å². The fourth-order valence-electron chi connectivity index (χ4n) is 3.03. The lowest BCUT2D eigenvalue weighted by Crippen LogP contribution is -2.55. The third kappa shape index (κ3) is 4.06. The molecule has 1 heterocycles. The first-order valence-electron chi connectivity index (χ1n) is 9.05. The topological polar surface area (TPSA) is 76.4 Å².